The average Bonchev–Trinajstić information content (AvgIpc) is 3.40. The Morgan fingerprint density at radius 2 is 2.15 bits per heavy atom. The fraction of sp³-hybridized carbons (Fsp3) is 0.400. The lowest BCUT2D eigenvalue weighted by Gasteiger charge is -2.32. The van der Waals surface area contributed by atoms with Crippen LogP contribution < -0.4 is 4.74 Å². The Balaban J connectivity index is 1.03. The number of nitrogens with zero attached hydrogens (tertiary/aromatic N) is 5. The maximum atomic E-state index is 14.3. The van der Waals surface area contributed by atoms with Crippen LogP contribution in [0.15, 0.2) is 46.9 Å². The molecule has 0 unspecified atom stereocenters. The summed E-state index contributed by atoms with van der Waals surface area (Å²) < 4.78 is 33.3. The summed E-state index contributed by atoms with van der Waals surface area (Å²) in [6, 6.07) is 13.6. The van der Waals surface area contributed by atoms with Gasteiger partial charge in [-0.05, 0) is 49.9 Å². The number of carboxylic acids is 1. The van der Waals surface area contributed by atoms with E-state index in [0.717, 1.165) is 50.5 Å². The van der Waals surface area contributed by atoms with Crippen LogP contribution in [0.1, 0.15) is 52.5 Å². The molecule has 4 aromatic rings. The van der Waals surface area contributed by atoms with E-state index < -0.39 is 11.8 Å². The summed E-state index contributed by atoms with van der Waals surface area (Å²) in [5.74, 6) is 0.0694. The molecule has 3 aliphatic rings. The van der Waals surface area contributed by atoms with E-state index in [1.165, 1.54) is 6.07 Å². The minimum absolute atomic E-state index is 0.00868. The van der Waals surface area contributed by atoms with E-state index in [-0.39, 0.29) is 29.4 Å². The third-order valence-electron chi connectivity index (χ3n) is 8.66. The lowest BCUT2D eigenvalue weighted by Crippen LogP contribution is -2.37. The molecule has 0 spiro atoms. The lowest BCUT2D eigenvalue weighted by molar-refractivity contribution is -0.0592. The highest BCUT2D eigenvalue weighted by atomic mass is 19.1. The van der Waals surface area contributed by atoms with Gasteiger partial charge in [-0.1, -0.05) is 12.1 Å². The molecule has 0 bridgehead atoms. The summed E-state index contributed by atoms with van der Waals surface area (Å²) in [4.78, 5) is 23.3. The van der Waals surface area contributed by atoms with Gasteiger partial charge >= 0.3 is 5.97 Å². The molecule has 5 heterocycles. The number of halogens is 1. The van der Waals surface area contributed by atoms with Crippen molar-refractivity contribution >= 4 is 17.2 Å². The van der Waals surface area contributed by atoms with E-state index in [0.29, 0.717) is 41.7 Å². The lowest BCUT2D eigenvalue weighted by atomic mass is 9.91. The van der Waals surface area contributed by atoms with Crippen molar-refractivity contribution in [3.8, 4) is 11.9 Å². The molecule has 2 saturated heterocycles. The van der Waals surface area contributed by atoms with Crippen LogP contribution in [-0.4, -0.2) is 56.3 Å². The van der Waals surface area contributed by atoms with Crippen molar-refractivity contribution in [1.29, 1.82) is 5.26 Å². The summed E-state index contributed by atoms with van der Waals surface area (Å²) in [6.07, 6.45) is 3.05. The van der Waals surface area contributed by atoms with E-state index in [9.17, 15) is 14.3 Å². The molecule has 3 aromatic heterocycles. The minimum atomic E-state index is -1.11. The van der Waals surface area contributed by atoms with E-state index in [1.54, 1.807) is 24.3 Å². The Morgan fingerprint density at radius 1 is 1.27 bits per heavy atom. The van der Waals surface area contributed by atoms with Crippen molar-refractivity contribution in [2.24, 2.45) is 5.92 Å². The number of pyridine rings is 1. The Morgan fingerprint density at radius 3 is 2.88 bits per heavy atom. The van der Waals surface area contributed by atoms with Crippen molar-refractivity contribution in [1.82, 2.24) is 19.4 Å². The second kappa shape index (κ2) is 9.98. The standard InChI is InChI=1S/C30H28FN5O5/c31-22-10-18(13-32)4-5-19(22)17-40-27-3-1-2-25(33-27)30-7-8-35(14-20(30)12-30)16-26-34-28-23(11-24(41-28)29(37)38)36(26)15-21-6-9-39-21/h1-5,10-11,20-21H,6-9,12,14-17H2,(H,37,38)/t20-,21+,30+/m1/s1. The Hall–Kier alpha value is -4.27. The normalized spacial score (nSPS) is 23.5. The van der Waals surface area contributed by atoms with Gasteiger partial charge in [0.25, 0.3) is 0 Å². The summed E-state index contributed by atoms with van der Waals surface area (Å²) in [5, 5.41) is 18.3. The highest BCUT2D eigenvalue weighted by Crippen LogP contribution is 2.59. The monoisotopic (exact) mass is 557 g/mol. The smallest absolute Gasteiger partial charge is 0.371 e. The number of furan rings is 1. The topological polar surface area (TPSA) is 127 Å². The fourth-order valence-corrected chi connectivity index (χ4v) is 6.15. The molecule has 3 atom stereocenters. The first kappa shape index (κ1) is 25.7. The van der Waals surface area contributed by atoms with Crippen molar-refractivity contribution in [3.05, 3.63) is 76.7 Å². The number of nitriles is 1. The van der Waals surface area contributed by atoms with Gasteiger partial charge in [0.1, 0.15) is 23.8 Å². The molecule has 0 radical (unpaired) electrons. The number of piperidine rings is 1. The number of hydrogen-bond acceptors (Lipinski definition) is 8. The predicted molar refractivity (Wildman–Crippen MR) is 143 cm³/mol. The van der Waals surface area contributed by atoms with E-state index in [4.69, 9.17) is 24.1 Å². The van der Waals surface area contributed by atoms with Crippen LogP contribution in [0.3, 0.4) is 0 Å². The zero-order chi connectivity index (χ0) is 28.1. The molecule has 10 nitrogen and oxygen atoms in total. The number of carbonyl (C=O) groups is 1. The average molecular weight is 558 g/mol. The van der Waals surface area contributed by atoms with Gasteiger partial charge in [-0.15, -0.1) is 0 Å². The van der Waals surface area contributed by atoms with Crippen LogP contribution in [0.25, 0.3) is 11.2 Å². The van der Waals surface area contributed by atoms with Crippen LogP contribution in [0.4, 0.5) is 4.39 Å². The summed E-state index contributed by atoms with van der Waals surface area (Å²) >= 11 is 0. The highest BCUT2D eigenvalue weighted by Gasteiger charge is 2.58. The van der Waals surface area contributed by atoms with Crippen LogP contribution in [0.2, 0.25) is 0 Å². The molecular formula is C30H28FN5O5. The number of benzene rings is 1. The molecule has 1 N–H and O–H groups in total. The van der Waals surface area contributed by atoms with E-state index in [1.807, 2.05) is 22.8 Å². The number of hydrogen-bond donors (Lipinski definition) is 1. The molecule has 41 heavy (non-hydrogen) atoms. The molecule has 7 rings (SSSR count). The zero-order valence-corrected chi connectivity index (χ0v) is 22.3. The molecule has 1 saturated carbocycles. The first-order valence-corrected chi connectivity index (χ1v) is 13.8. The van der Waals surface area contributed by atoms with Gasteiger partial charge in [0.05, 0.1) is 36.5 Å². The molecular weight excluding hydrogens is 529 g/mol. The van der Waals surface area contributed by atoms with Crippen LogP contribution in [-0.2, 0) is 29.8 Å². The maximum Gasteiger partial charge on any atom is 0.371 e. The third kappa shape index (κ3) is 4.73. The van der Waals surface area contributed by atoms with Crippen LogP contribution in [0.5, 0.6) is 5.88 Å². The second-order valence-electron chi connectivity index (χ2n) is 11.1. The van der Waals surface area contributed by atoms with Crippen molar-refractivity contribution in [3.63, 3.8) is 0 Å². The third-order valence-corrected chi connectivity index (χ3v) is 8.66. The van der Waals surface area contributed by atoms with E-state index in [2.05, 4.69) is 9.88 Å². The molecule has 1 aromatic carbocycles. The number of carboxylic acid groups (broad SMARTS) is 1. The highest BCUT2D eigenvalue weighted by molar-refractivity contribution is 5.89. The summed E-state index contributed by atoms with van der Waals surface area (Å²) in [5.41, 5.74) is 2.69. The number of ether oxygens (including phenoxy) is 2. The Kier molecular flexibility index (Phi) is 6.25. The SMILES string of the molecule is N#Cc1ccc(COc2cccc([C@]34CCN(Cc5nc6oc(C(=O)O)cc6n5C[C@@H]5CCO5)C[C@H]3C4)n2)c(F)c1. The molecule has 0 amide bonds. The number of aromatic carboxylic acids is 1. The van der Waals surface area contributed by atoms with Gasteiger partial charge in [0.15, 0.2) is 0 Å². The summed E-state index contributed by atoms with van der Waals surface area (Å²) in [6.45, 7) is 3.80. The van der Waals surface area contributed by atoms with Gasteiger partial charge in [0.2, 0.25) is 17.4 Å². The number of imidazole rings is 1. The molecule has 210 valence electrons. The predicted octanol–water partition coefficient (Wildman–Crippen LogP) is 4.26. The van der Waals surface area contributed by atoms with Crippen molar-refractivity contribution < 1.29 is 28.2 Å². The molecule has 1 aliphatic carbocycles. The number of rotatable bonds is 9. The van der Waals surface area contributed by atoms with Gasteiger partial charge in [0, 0.05) is 36.3 Å². The van der Waals surface area contributed by atoms with E-state index >= 15 is 0 Å². The van der Waals surface area contributed by atoms with Crippen LogP contribution in [0, 0.1) is 23.1 Å². The number of fused-ring (bicyclic) bond motifs is 2. The maximum absolute atomic E-state index is 14.3. The minimum Gasteiger partial charge on any atom is -0.475 e. The first-order chi connectivity index (χ1) is 19.9. The number of aromatic nitrogens is 3. The Bertz CT molecular complexity index is 1690. The largest absolute Gasteiger partial charge is 0.475 e. The molecule has 3 fully saturated rings. The molecule has 2 aliphatic heterocycles. The summed E-state index contributed by atoms with van der Waals surface area (Å²) in [7, 11) is 0. The van der Waals surface area contributed by atoms with Gasteiger partial charge in [-0.3, -0.25) is 4.90 Å². The van der Waals surface area contributed by atoms with Crippen LogP contribution >= 0.6 is 0 Å². The zero-order valence-electron chi connectivity index (χ0n) is 22.3. The van der Waals surface area contributed by atoms with Gasteiger partial charge < -0.3 is 23.6 Å². The second-order valence-corrected chi connectivity index (χ2v) is 11.1. The van der Waals surface area contributed by atoms with Crippen molar-refractivity contribution in [2.45, 2.75) is 50.5 Å². The fourth-order valence-electron chi connectivity index (χ4n) is 6.15. The number of likely N-dealkylation sites (tertiary alicyclic amines) is 1. The van der Waals surface area contributed by atoms with Gasteiger partial charge in [-0.25, -0.2) is 14.2 Å². The molecule has 11 heteroatoms. The Labute approximate surface area is 234 Å². The first-order valence-electron chi connectivity index (χ1n) is 13.8. The quantitative estimate of drug-likeness (QED) is 0.321. The van der Waals surface area contributed by atoms with Crippen molar-refractivity contribution in [2.75, 3.05) is 19.7 Å². The van der Waals surface area contributed by atoms with Gasteiger partial charge in [-0.2, -0.15) is 10.2 Å².